The smallest absolute Gasteiger partial charge is 0.0411 e. The summed E-state index contributed by atoms with van der Waals surface area (Å²) in [5, 5.41) is 4.44. The summed E-state index contributed by atoms with van der Waals surface area (Å²) >= 11 is 2.08. The summed E-state index contributed by atoms with van der Waals surface area (Å²) < 4.78 is 0. The molecule has 21 heavy (non-hydrogen) atoms. The molecule has 2 atom stereocenters. The number of thioether (sulfide) groups is 1. The van der Waals surface area contributed by atoms with E-state index in [-0.39, 0.29) is 5.41 Å². The highest BCUT2D eigenvalue weighted by molar-refractivity contribution is 7.99. The maximum Gasteiger partial charge on any atom is 0.0411 e. The zero-order valence-electron chi connectivity index (χ0n) is 14.7. The van der Waals surface area contributed by atoms with Crippen molar-refractivity contribution in [1.82, 2.24) is 5.32 Å². The number of benzene rings is 1. The molecule has 2 unspecified atom stereocenters. The van der Waals surface area contributed by atoms with Crippen molar-refractivity contribution in [3.05, 3.63) is 35.4 Å². The Bertz CT molecular complexity index is 391. The van der Waals surface area contributed by atoms with E-state index < -0.39 is 0 Å². The maximum atomic E-state index is 3.70. The predicted molar refractivity (Wildman–Crippen MR) is 98.4 cm³/mol. The topological polar surface area (TPSA) is 12.0 Å². The first-order valence-electron chi connectivity index (χ1n) is 8.33. The standard InChI is InChI=1S/C19H33NS/c1-7-13-20-18(14-21-15(3)8-2)16-9-11-17(12-10-16)19(4,5)6/h9-12,15,18,20H,7-8,13-14H2,1-6H3. The van der Waals surface area contributed by atoms with Crippen LogP contribution in [-0.4, -0.2) is 17.5 Å². The first-order chi connectivity index (χ1) is 9.88. The normalized spacial score (nSPS) is 15.0. The Morgan fingerprint density at radius 3 is 2.19 bits per heavy atom. The van der Waals surface area contributed by atoms with Crippen LogP contribution in [-0.2, 0) is 5.41 Å². The van der Waals surface area contributed by atoms with Crippen LogP contribution < -0.4 is 5.32 Å². The van der Waals surface area contributed by atoms with E-state index in [0.717, 1.165) is 17.5 Å². The summed E-state index contributed by atoms with van der Waals surface area (Å²) in [5.74, 6) is 1.16. The highest BCUT2D eigenvalue weighted by Gasteiger charge is 2.16. The van der Waals surface area contributed by atoms with E-state index in [1.807, 2.05) is 0 Å². The molecule has 1 rings (SSSR count). The molecule has 0 aliphatic rings. The highest BCUT2D eigenvalue weighted by Crippen LogP contribution is 2.26. The Morgan fingerprint density at radius 1 is 1.10 bits per heavy atom. The van der Waals surface area contributed by atoms with Crippen molar-refractivity contribution < 1.29 is 0 Å². The lowest BCUT2D eigenvalue weighted by Crippen LogP contribution is -2.25. The molecule has 0 amide bonds. The largest absolute Gasteiger partial charge is 0.309 e. The Labute approximate surface area is 136 Å². The quantitative estimate of drug-likeness (QED) is 0.675. The molecule has 0 spiro atoms. The third-order valence-corrected chi connectivity index (χ3v) is 5.37. The predicted octanol–water partition coefficient (Wildman–Crippen LogP) is 5.56. The SMILES string of the molecule is CCCNC(CSC(C)CC)c1ccc(C(C)(C)C)cc1. The lowest BCUT2D eigenvalue weighted by molar-refractivity contribution is 0.571. The fraction of sp³-hybridized carbons (Fsp3) is 0.684. The molecule has 1 nitrogen and oxygen atoms in total. The van der Waals surface area contributed by atoms with Crippen molar-refractivity contribution in [2.75, 3.05) is 12.3 Å². The van der Waals surface area contributed by atoms with Gasteiger partial charge in [-0.25, -0.2) is 0 Å². The fourth-order valence-corrected chi connectivity index (χ4v) is 3.25. The van der Waals surface area contributed by atoms with Gasteiger partial charge < -0.3 is 5.32 Å². The van der Waals surface area contributed by atoms with Gasteiger partial charge in [-0.3, -0.25) is 0 Å². The van der Waals surface area contributed by atoms with Crippen LogP contribution in [0.5, 0.6) is 0 Å². The molecule has 0 aliphatic heterocycles. The van der Waals surface area contributed by atoms with Gasteiger partial charge in [-0.05, 0) is 35.9 Å². The maximum absolute atomic E-state index is 3.70. The van der Waals surface area contributed by atoms with Gasteiger partial charge in [0.2, 0.25) is 0 Å². The second-order valence-electron chi connectivity index (χ2n) is 6.93. The molecule has 0 aliphatic carbocycles. The monoisotopic (exact) mass is 307 g/mol. The van der Waals surface area contributed by atoms with Crippen LogP contribution in [0.25, 0.3) is 0 Å². The second-order valence-corrected chi connectivity index (χ2v) is 8.40. The van der Waals surface area contributed by atoms with Crippen molar-refractivity contribution >= 4 is 11.8 Å². The van der Waals surface area contributed by atoms with E-state index in [1.54, 1.807) is 0 Å². The summed E-state index contributed by atoms with van der Waals surface area (Å²) in [6.45, 7) is 14.7. The molecule has 0 fully saturated rings. The zero-order chi connectivity index (χ0) is 15.9. The summed E-state index contributed by atoms with van der Waals surface area (Å²) in [6.07, 6.45) is 2.43. The van der Waals surface area contributed by atoms with E-state index >= 15 is 0 Å². The highest BCUT2D eigenvalue weighted by atomic mass is 32.2. The van der Waals surface area contributed by atoms with Gasteiger partial charge >= 0.3 is 0 Å². The van der Waals surface area contributed by atoms with Gasteiger partial charge in [0.05, 0.1) is 0 Å². The molecule has 2 heteroatoms. The van der Waals surface area contributed by atoms with Crippen LogP contribution in [0.1, 0.15) is 71.6 Å². The zero-order valence-corrected chi connectivity index (χ0v) is 15.5. The van der Waals surface area contributed by atoms with E-state index in [2.05, 4.69) is 82.9 Å². The second kappa shape index (κ2) is 8.85. The molecule has 0 saturated carbocycles. The van der Waals surface area contributed by atoms with E-state index in [1.165, 1.54) is 24.0 Å². The van der Waals surface area contributed by atoms with Crippen molar-refractivity contribution in [2.24, 2.45) is 0 Å². The Morgan fingerprint density at radius 2 is 1.71 bits per heavy atom. The minimum absolute atomic E-state index is 0.232. The fourth-order valence-electron chi connectivity index (χ4n) is 2.19. The molecule has 1 N–H and O–H groups in total. The van der Waals surface area contributed by atoms with E-state index in [4.69, 9.17) is 0 Å². The van der Waals surface area contributed by atoms with Crippen LogP contribution in [0.4, 0.5) is 0 Å². The van der Waals surface area contributed by atoms with Crippen LogP contribution in [0.3, 0.4) is 0 Å². The third-order valence-electron chi connectivity index (χ3n) is 3.94. The lowest BCUT2D eigenvalue weighted by atomic mass is 9.86. The number of rotatable bonds is 8. The summed E-state index contributed by atoms with van der Waals surface area (Å²) in [4.78, 5) is 0. The van der Waals surface area contributed by atoms with Gasteiger partial charge in [-0.2, -0.15) is 11.8 Å². The van der Waals surface area contributed by atoms with Gasteiger partial charge in [0.1, 0.15) is 0 Å². The van der Waals surface area contributed by atoms with Gasteiger partial charge in [0.15, 0.2) is 0 Å². The minimum atomic E-state index is 0.232. The van der Waals surface area contributed by atoms with Crippen molar-refractivity contribution in [2.45, 2.75) is 71.1 Å². The summed E-state index contributed by atoms with van der Waals surface area (Å²) in [7, 11) is 0. The molecular formula is C19H33NS. The van der Waals surface area contributed by atoms with Crippen LogP contribution >= 0.6 is 11.8 Å². The van der Waals surface area contributed by atoms with Gasteiger partial charge in [-0.15, -0.1) is 0 Å². The summed E-state index contributed by atoms with van der Waals surface area (Å²) in [6, 6.07) is 9.68. The molecule has 0 heterocycles. The van der Waals surface area contributed by atoms with Crippen LogP contribution in [0, 0.1) is 0 Å². The summed E-state index contributed by atoms with van der Waals surface area (Å²) in [5.41, 5.74) is 3.07. The Balaban J connectivity index is 2.77. The van der Waals surface area contributed by atoms with Gasteiger partial charge in [-0.1, -0.05) is 65.8 Å². The molecule has 0 radical (unpaired) electrons. The number of hydrogen-bond acceptors (Lipinski definition) is 2. The molecule has 120 valence electrons. The van der Waals surface area contributed by atoms with Crippen molar-refractivity contribution in [3.8, 4) is 0 Å². The molecule has 0 saturated heterocycles. The molecule has 0 bridgehead atoms. The van der Waals surface area contributed by atoms with Gasteiger partial charge in [0, 0.05) is 17.0 Å². The molecule has 0 aromatic heterocycles. The van der Waals surface area contributed by atoms with E-state index in [0.29, 0.717) is 6.04 Å². The van der Waals surface area contributed by atoms with E-state index in [9.17, 15) is 0 Å². The Hall–Kier alpha value is -0.470. The van der Waals surface area contributed by atoms with Crippen LogP contribution in [0.2, 0.25) is 0 Å². The van der Waals surface area contributed by atoms with Gasteiger partial charge in [0.25, 0.3) is 0 Å². The first-order valence-corrected chi connectivity index (χ1v) is 9.38. The Kier molecular flexibility index (Phi) is 7.83. The van der Waals surface area contributed by atoms with Crippen molar-refractivity contribution in [1.29, 1.82) is 0 Å². The molecule has 1 aromatic carbocycles. The van der Waals surface area contributed by atoms with Crippen molar-refractivity contribution in [3.63, 3.8) is 0 Å². The first kappa shape index (κ1) is 18.6. The minimum Gasteiger partial charge on any atom is -0.309 e. The number of hydrogen-bond donors (Lipinski definition) is 1. The third kappa shape index (κ3) is 6.44. The molecule has 1 aromatic rings. The number of nitrogens with one attached hydrogen (secondary N) is 1. The molecular weight excluding hydrogens is 274 g/mol. The van der Waals surface area contributed by atoms with Crippen LogP contribution in [0.15, 0.2) is 24.3 Å². The average Bonchev–Trinajstić information content (AvgIpc) is 2.46. The lowest BCUT2D eigenvalue weighted by Gasteiger charge is -2.23. The average molecular weight is 308 g/mol.